The van der Waals surface area contributed by atoms with Gasteiger partial charge in [0.05, 0.1) is 20.8 Å². The minimum atomic E-state index is -6.17. The summed E-state index contributed by atoms with van der Waals surface area (Å²) in [5, 5.41) is 20.3. The first kappa shape index (κ1) is 32.0. The van der Waals surface area contributed by atoms with E-state index in [1.807, 2.05) is 0 Å². The second-order valence-corrected chi connectivity index (χ2v) is 10.4. The number of nitrogens with two attached hydrogens (primary N) is 1. The second-order valence-electron chi connectivity index (χ2n) is 6.12. The van der Waals surface area contributed by atoms with Crippen LogP contribution in [0, 0.1) is 0 Å². The zero-order valence-corrected chi connectivity index (χ0v) is 22.1. The Balaban J connectivity index is 0.00000289. The number of hydrogen-bond acceptors (Lipinski definition) is 17. The van der Waals surface area contributed by atoms with E-state index >= 15 is 0 Å². The maximum Gasteiger partial charge on any atom is 2.00 e. The van der Waals surface area contributed by atoms with Crippen LogP contribution in [0.3, 0.4) is 0 Å². The number of hydrogen-bond donors (Lipinski definition) is 4. The molecule has 19 nitrogen and oxygen atoms in total. The normalized spacial score (nSPS) is 26.3. The Morgan fingerprint density at radius 2 is 1.74 bits per heavy atom. The smallest absolute Gasteiger partial charge is 0.790 e. The number of phosphoric acid groups is 3. The maximum absolute atomic E-state index is 11.8. The molecule has 0 amide bonds. The van der Waals surface area contributed by atoms with E-state index < -0.39 is 60.2 Å². The van der Waals surface area contributed by atoms with Crippen molar-refractivity contribution in [2.75, 3.05) is 12.3 Å². The number of fused-ring (bicyclic) bond motifs is 1. The van der Waals surface area contributed by atoms with Gasteiger partial charge in [0, 0.05) is 0 Å². The number of aromatic amines is 1. The zero-order valence-electron chi connectivity index (χ0n) is 16.6. The molecule has 0 spiro atoms. The SMILES string of the molecule is Nc1nc2c(ncn2[C@@H]2O[C@H](COP(=O)([O-])OP(=O)([O-])OP(=O)([O-])[O-])[C@@H](O)[C@H]2O)c(=O)[nH]1.[Mg+2].[Mg+2]. The van der Waals surface area contributed by atoms with E-state index in [2.05, 4.69) is 28.1 Å². The van der Waals surface area contributed by atoms with E-state index in [1.165, 1.54) is 0 Å². The van der Waals surface area contributed by atoms with Crippen LogP contribution in [0.5, 0.6) is 0 Å². The molecule has 24 heteroatoms. The van der Waals surface area contributed by atoms with E-state index in [0.29, 0.717) is 0 Å². The van der Waals surface area contributed by atoms with Crippen LogP contribution in [0.2, 0.25) is 0 Å². The molecule has 2 aromatic rings. The number of rotatable bonds is 8. The number of imidazole rings is 1. The van der Waals surface area contributed by atoms with Crippen molar-refractivity contribution in [1.29, 1.82) is 0 Å². The van der Waals surface area contributed by atoms with Crippen LogP contribution >= 0.6 is 23.5 Å². The first-order valence-corrected chi connectivity index (χ1v) is 12.4. The van der Waals surface area contributed by atoms with E-state index in [-0.39, 0.29) is 63.2 Å². The van der Waals surface area contributed by atoms with Crippen LogP contribution in [0.4, 0.5) is 5.95 Å². The molecule has 5 N–H and O–H groups in total. The molecule has 2 aromatic heterocycles. The Kier molecular flexibility index (Phi) is 10.9. The van der Waals surface area contributed by atoms with Crippen LogP contribution in [0.1, 0.15) is 6.23 Å². The molecule has 34 heavy (non-hydrogen) atoms. The molecule has 0 saturated carbocycles. The van der Waals surface area contributed by atoms with Gasteiger partial charge in [-0.2, -0.15) is 4.98 Å². The van der Waals surface area contributed by atoms with Gasteiger partial charge in [-0.25, -0.2) is 9.29 Å². The molecule has 0 radical (unpaired) electrons. The third-order valence-electron chi connectivity index (χ3n) is 3.86. The fraction of sp³-hybridized carbons (Fsp3) is 0.500. The molecular weight excluding hydrogens is 556 g/mol. The number of nitrogens with zero attached hydrogens (tertiary/aromatic N) is 3. The van der Waals surface area contributed by atoms with Crippen LogP contribution in [-0.2, 0) is 31.6 Å². The topological polar surface area (TPSA) is 310 Å². The van der Waals surface area contributed by atoms with Crippen molar-refractivity contribution in [3.8, 4) is 0 Å². The van der Waals surface area contributed by atoms with Gasteiger partial charge in [-0.3, -0.25) is 27.8 Å². The van der Waals surface area contributed by atoms with E-state index in [9.17, 15) is 48.3 Å². The fourth-order valence-electron chi connectivity index (χ4n) is 2.67. The average molecular weight is 568 g/mol. The summed E-state index contributed by atoms with van der Waals surface area (Å²) in [4.78, 5) is 65.0. The van der Waals surface area contributed by atoms with Crippen molar-refractivity contribution in [2.45, 2.75) is 24.5 Å². The number of ether oxygens (including phenoxy) is 1. The molecule has 3 heterocycles. The zero-order chi connectivity index (χ0) is 24.1. The fourth-order valence-corrected chi connectivity index (χ4v) is 5.54. The molecule has 1 saturated heterocycles. The second kappa shape index (κ2) is 11.6. The monoisotopic (exact) mass is 567 g/mol. The van der Waals surface area contributed by atoms with Crippen molar-refractivity contribution in [2.24, 2.45) is 0 Å². The number of aliphatic hydroxyl groups excluding tert-OH is 2. The van der Waals surface area contributed by atoms with Gasteiger partial charge in [0.25, 0.3) is 21.2 Å². The molecule has 180 valence electrons. The van der Waals surface area contributed by atoms with Gasteiger partial charge in [0.1, 0.15) is 18.3 Å². The number of aromatic nitrogens is 4. The van der Waals surface area contributed by atoms with E-state index in [4.69, 9.17) is 10.5 Å². The van der Waals surface area contributed by atoms with Crippen LogP contribution < -0.4 is 30.9 Å². The van der Waals surface area contributed by atoms with Gasteiger partial charge in [-0.15, -0.1) is 0 Å². The quantitative estimate of drug-likeness (QED) is 0.170. The van der Waals surface area contributed by atoms with Crippen LogP contribution in [0.15, 0.2) is 11.1 Å². The molecule has 0 aromatic carbocycles. The standard InChI is InChI=1S/C10H16N5O14P3.2Mg/c11-10-13-7-4(8(18)14-10)12-2-15(7)9-6(17)5(16)3(27-9)1-26-31(22,23)29-32(24,25)28-30(19,20)21;;/h2-3,5-6,9,16-17H,1H2,(H,22,23)(H,24,25)(H2,19,20,21)(H3,11,13,14,18);;/q;2*+2/p-4/t3-,5-,6-,9-;;/m1../s1. The molecule has 0 bridgehead atoms. The first-order chi connectivity index (χ1) is 14.6. The van der Waals surface area contributed by atoms with Crippen molar-refractivity contribution in [3.05, 3.63) is 16.7 Å². The van der Waals surface area contributed by atoms with Crippen molar-refractivity contribution in [1.82, 2.24) is 19.5 Å². The maximum atomic E-state index is 11.8. The summed E-state index contributed by atoms with van der Waals surface area (Å²) in [5.74, 6) is -0.299. The van der Waals surface area contributed by atoms with Gasteiger partial charge in [-0.1, -0.05) is 0 Å². The van der Waals surface area contributed by atoms with Crippen LogP contribution in [-0.4, -0.2) is 101 Å². The van der Waals surface area contributed by atoms with Crippen molar-refractivity contribution < 1.29 is 61.4 Å². The molecule has 2 unspecified atom stereocenters. The molecule has 0 aliphatic carbocycles. The summed E-state index contributed by atoms with van der Waals surface area (Å²) < 4.78 is 50.0. The molecule has 3 rings (SSSR count). The Labute approximate surface area is 220 Å². The van der Waals surface area contributed by atoms with Crippen LogP contribution in [0.25, 0.3) is 11.2 Å². The molecular formula is C10H12Mg2N5O14P3. The van der Waals surface area contributed by atoms with E-state index in [0.717, 1.165) is 10.9 Å². The van der Waals surface area contributed by atoms with Gasteiger partial charge in [0.15, 0.2) is 17.4 Å². The number of nitrogen functional groups attached to an aromatic ring is 1. The van der Waals surface area contributed by atoms with Gasteiger partial charge in [-0.05, 0) is 0 Å². The molecule has 1 aliphatic heterocycles. The molecule has 1 fully saturated rings. The van der Waals surface area contributed by atoms with Crippen molar-refractivity contribution >= 4 is 86.7 Å². The predicted molar refractivity (Wildman–Crippen MR) is 101 cm³/mol. The number of H-pyrrole nitrogens is 1. The first-order valence-electron chi connectivity index (χ1n) is 8.04. The van der Waals surface area contributed by atoms with Gasteiger partial charge in [0.2, 0.25) is 5.95 Å². The Bertz CT molecular complexity index is 1220. The number of nitrogens with one attached hydrogen (secondary N) is 1. The average Bonchev–Trinajstić information content (AvgIpc) is 3.12. The van der Waals surface area contributed by atoms with Gasteiger partial charge >= 0.3 is 46.1 Å². The summed E-state index contributed by atoms with van der Waals surface area (Å²) in [7, 11) is -18.2. The summed E-state index contributed by atoms with van der Waals surface area (Å²) >= 11 is 0. The minimum absolute atomic E-state index is 0. The summed E-state index contributed by atoms with van der Waals surface area (Å²) in [5.41, 5.74) is 4.40. The number of aliphatic hydroxyl groups is 2. The minimum Gasteiger partial charge on any atom is -0.790 e. The predicted octanol–water partition coefficient (Wildman–Crippen LogP) is -5.63. The summed E-state index contributed by atoms with van der Waals surface area (Å²) in [6.07, 6.45) is -5.61. The summed E-state index contributed by atoms with van der Waals surface area (Å²) in [6, 6.07) is 0. The number of phosphoric ester groups is 1. The molecule has 1 aliphatic rings. The number of anilines is 1. The third kappa shape index (κ3) is 7.73. The molecule has 6 atom stereocenters. The largest absolute Gasteiger partial charge is 2.00 e. The third-order valence-corrected chi connectivity index (χ3v) is 7.52. The summed E-state index contributed by atoms with van der Waals surface area (Å²) in [6.45, 7) is -1.13. The Hall–Kier alpha value is -0.0275. The Morgan fingerprint density at radius 1 is 1.12 bits per heavy atom. The Morgan fingerprint density at radius 3 is 2.32 bits per heavy atom. The van der Waals surface area contributed by atoms with E-state index in [1.54, 1.807) is 0 Å². The van der Waals surface area contributed by atoms with Crippen molar-refractivity contribution in [3.63, 3.8) is 0 Å². The van der Waals surface area contributed by atoms with Gasteiger partial charge < -0.3 is 49.3 Å².